The molecule has 0 aromatic carbocycles. The number of piperidine rings is 1. The molecule has 0 saturated carbocycles. The number of rotatable bonds is 2. The molecular weight excluding hydrogens is 232 g/mol. The second-order valence-electron chi connectivity index (χ2n) is 4.03. The zero-order chi connectivity index (χ0) is 10.7. The van der Waals surface area contributed by atoms with Crippen LogP contribution >= 0.6 is 12.4 Å². The van der Waals surface area contributed by atoms with Crippen LogP contribution < -0.4 is 10.6 Å². The van der Waals surface area contributed by atoms with Crippen LogP contribution in [-0.4, -0.2) is 39.6 Å². The summed E-state index contributed by atoms with van der Waals surface area (Å²) < 4.78 is 0. The minimum atomic E-state index is -0.376. The molecule has 1 aromatic rings. The Morgan fingerprint density at radius 1 is 1.56 bits per heavy atom. The molecule has 2 rings (SSSR count). The Bertz CT molecular complexity index is 334. The molecule has 0 spiro atoms. The van der Waals surface area contributed by atoms with Gasteiger partial charge in [-0.1, -0.05) is 5.10 Å². The van der Waals surface area contributed by atoms with Gasteiger partial charge in [-0.2, -0.15) is 5.21 Å². The Labute approximate surface area is 99.2 Å². The lowest BCUT2D eigenvalue weighted by molar-refractivity contribution is -0.125. The van der Waals surface area contributed by atoms with Gasteiger partial charge >= 0.3 is 0 Å². The van der Waals surface area contributed by atoms with Gasteiger partial charge in [0.15, 0.2) is 0 Å². The molecule has 1 atom stereocenters. The third-order valence-electron chi connectivity index (χ3n) is 2.72. The molecule has 8 heteroatoms. The molecule has 1 aromatic heterocycles. The lowest BCUT2D eigenvalue weighted by atomic mass is 9.82. The minimum Gasteiger partial charge on any atom is -0.316 e. The second-order valence-corrected chi connectivity index (χ2v) is 4.03. The lowest BCUT2D eigenvalue weighted by Crippen LogP contribution is -2.46. The van der Waals surface area contributed by atoms with Crippen molar-refractivity contribution in [3.8, 4) is 0 Å². The summed E-state index contributed by atoms with van der Waals surface area (Å²) >= 11 is 0. The Morgan fingerprint density at radius 3 is 2.94 bits per heavy atom. The quantitative estimate of drug-likeness (QED) is 0.680. The molecule has 1 fully saturated rings. The maximum Gasteiger partial charge on any atom is 0.269 e. The number of nitrogens with one attached hydrogen (secondary N) is 3. The van der Waals surface area contributed by atoms with Crippen LogP contribution in [0, 0.1) is 5.41 Å². The van der Waals surface area contributed by atoms with Gasteiger partial charge in [-0.15, -0.1) is 17.5 Å². The van der Waals surface area contributed by atoms with Crippen LogP contribution in [0.3, 0.4) is 0 Å². The highest BCUT2D eigenvalue weighted by atomic mass is 35.5. The maximum atomic E-state index is 11.9. The van der Waals surface area contributed by atoms with Crippen molar-refractivity contribution in [2.75, 3.05) is 18.4 Å². The van der Waals surface area contributed by atoms with E-state index >= 15 is 0 Å². The number of aromatic nitrogens is 4. The highest BCUT2D eigenvalue weighted by molar-refractivity contribution is 5.93. The second kappa shape index (κ2) is 5.22. The number of hydrogen-bond donors (Lipinski definition) is 3. The van der Waals surface area contributed by atoms with Crippen molar-refractivity contribution in [1.82, 2.24) is 25.9 Å². The normalized spacial score (nSPS) is 24.6. The van der Waals surface area contributed by atoms with Crippen molar-refractivity contribution in [3.63, 3.8) is 0 Å². The van der Waals surface area contributed by atoms with E-state index < -0.39 is 0 Å². The zero-order valence-corrected chi connectivity index (χ0v) is 9.80. The summed E-state index contributed by atoms with van der Waals surface area (Å²) in [5, 5.41) is 18.9. The number of carbonyl (C=O) groups excluding carboxylic acids is 1. The van der Waals surface area contributed by atoms with E-state index in [0.29, 0.717) is 6.54 Å². The van der Waals surface area contributed by atoms with Gasteiger partial charge in [0, 0.05) is 6.54 Å². The minimum absolute atomic E-state index is 0. The number of halogens is 1. The Kier molecular flexibility index (Phi) is 4.19. The SMILES string of the molecule is CC1(C(=O)Nc2nn[nH]n2)CCCNC1.Cl. The van der Waals surface area contributed by atoms with Gasteiger partial charge in [0.05, 0.1) is 5.41 Å². The Balaban J connectivity index is 0.00000128. The number of carbonyl (C=O) groups is 1. The zero-order valence-electron chi connectivity index (χ0n) is 8.99. The predicted molar refractivity (Wildman–Crippen MR) is 60.3 cm³/mol. The van der Waals surface area contributed by atoms with E-state index in [1.165, 1.54) is 0 Å². The lowest BCUT2D eigenvalue weighted by Gasteiger charge is -2.31. The van der Waals surface area contributed by atoms with E-state index in [0.717, 1.165) is 19.4 Å². The first kappa shape index (κ1) is 12.9. The van der Waals surface area contributed by atoms with E-state index in [9.17, 15) is 4.79 Å². The Hall–Kier alpha value is -1.21. The summed E-state index contributed by atoms with van der Waals surface area (Å²) in [7, 11) is 0. The van der Waals surface area contributed by atoms with Crippen molar-refractivity contribution < 1.29 is 4.79 Å². The molecule has 90 valence electrons. The molecule has 1 saturated heterocycles. The number of aromatic amines is 1. The topological polar surface area (TPSA) is 95.6 Å². The van der Waals surface area contributed by atoms with Crippen molar-refractivity contribution in [1.29, 1.82) is 0 Å². The monoisotopic (exact) mass is 246 g/mol. The molecular formula is C8H15ClN6O. The number of amides is 1. The van der Waals surface area contributed by atoms with Gasteiger partial charge in [0.1, 0.15) is 0 Å². The fraction of sp³-hybridized carbons (Fsp3) is 0.750. The first-order valence-electron chi connectivity index (χ1n) is 4.96. The number of H-pyrrole nitrogens is 1. The van der Waals surface area contributed by atoms with Gasteiger partial charge in [-0.05, 0) is 31.5 Å². The van der Waals surface area contributed by atoms with E-state index in [2.05, 4.69) is 31.3 Å². The smallest absolute Gasteiger partial charge is 0.269 e. The van der Waals surface area contributed by atoms with Crippen LogP contribution in [0.1, 0.15) is 19.8 Å². The summed E-state index contributed by atoms with van der Waals surface area (Å²) in [6, 6.07) is 0. The molecule has 0 radical (unpaired) electrons. The van der Waals surface area contributed by atoms with Crippen LogP contribution in [0.15, 0.2) is 0 Å². The summed E-state index contributed by atoms with van der Waals surface area (Å²) in [6.45, 7) is 3.61. The molecule has 7 nitrogen and oxygen atoms in total. The van der Waals surface area contributed by atoms with Gasteiger partial charge in [0.2, 0.25) is 5.91 Å². The highest BCUT2D eigenvalue weighted by Crippen LogP contribution is 2.26. The number of nitrogens with zero attached hydrogens (tertiary/aromatic N) is 3. The molecule has 1 aliphatic rings. The molecule has 2 heterocycles. The van der Waals surface area contributed by atoms with Crippen LogP contribution in [0.4, 0.5) is 5.95 Å². The van der Waals surface area contributed by atoms with Crippen molar-refractivity contribution in [2.24, 2.45) is 5.41 Å². The molecule has 1 unspecified atom stereocenters. The molecule has 1 aliphatic heterocycles. The fourth-order valence-corrected chi connectivity index (χ4v) is 1.72. The van der Waals surface area contributed by atoms with Crippen molar-refractivity contribution in [2.45, 2.75) is 19.8 Å². The molecule has 1 amide bonds. The Morgan fingerprint density at radius 2 is 2.38 bits per heavy atom. The van der Waals surface area contributed by atoms with Gasteiger partial charge in [-0.3, -0.25) is 10.1 Å². The first-order valence-corrected chi connectivity index (χ1v) is 4.96. The van der Waals surface area contributed by atoms with E-state index in [1.807, 2.05) is 6.92 Å². The number of anilines is 1. The molecule has 0 bridgehead atoms. The fourth-order valence-electron chi connectivity index (χ4n) is 1.72. The van der Waals surface area contributed by atoms with E-state index in [4.69, 9.17) is 0 Å². The molecule has 0 aliphatic carbocycles. The number of hydrogen-bond acceptors (Lipinski definition) is 5. The largest absolute Gasteiger partial charge is 0.316 e. The standard InChI is InChI=1S/C8H14N6O.ClH/c1-8(3-2-4-9-5-8)6(15)10-7-11-13-14-12-7;/h9H,2-5H2,1H3,(H2,10,11,12,13,14,15);1H. The average molecular weight is 247 g/mol. The summed E-state index contributed by atoms with van der Waals surface area (Å²) in [4.78, 5) is 11.9. The number of tetrazole rings is 1. The maximum absolute atomic E-state index is 11.9. The van der Waals surface area contributed by atoms with Gasteiger partial charge < -0.3 is 5.32 Å². The first-order chi connectivity index (χ1) is 7.21. The van der Waals surface area contributed by atoms with Crippen LogP contribution in [0.25, 0.3) is 0 Å². The van der Waals surface area contributed by atoms with Crippen LogP contribution in [0.5, 0.6) is 0 Å². The highest BCUT2D eigenvalue weighted by Gasteiger charge is 2.35. The van der Waals surface area contributed by atoms with Crippen molar-refractivity contribution >= 4 is 24.3 Å². The van der Waals surface area contributed by atoms with Crippen molar-refractivity contribution in [3.05, 3.63) is 0 Å². The van der Waals surface area contributed by atoms with E-state index in [-0.39, 0.29) is 29.7 Å². The summed E-state index contributed by atoms with van der Waals surface area (Å²) in [5.74, 6) is 0.169. The summed E-state index contributed by atoms with van der Waals surface area (Å²) in [6.07, 6.45) is 1.89. The van der Waals surface area contributed by atoms with Crippen LogP contribution in [-0.2, 0) is 4.79 Å². The van der Waals surface area contributed by atoms with Crippen LogP contribution in [0.2, 0.25) is 0 Å². The third-order valence-corrected chi connectivity index (χ3v) is 2.72. The van der Waals surface area contributed by atoms with Gasteiger partial charge in [0.25, 0.3) is 5.95 Å². The molecule has 16 heavy (non-hydrogen) atoms. The third kappa shape index (κ3) is 2.67. The summed E-state index contributed by atoms with van der Waals surface area (Å²) in [5.41, 5.74) is -0.376. The molecule has 3 N–H and O–H groups in total. The predicted octanol–water partition coefficient (Wildman–Crippen LogP) is -0.0503. The average Bonchev–Trinajstić information content (AvgIpc) is 2.71. The van der Waals surface area contributed by atoms with Gasteiger partial charge in [-0.25, -0.2) is 0 Å². The van der Waals surface area contributed by atoms with E-state index in [1.54, 1.807) is 0 Å².